The largest absolute Gasteiger partial charge is 0.0651 e. The lowest BCUT2D eigenvalue weighted by molar-refractivity contribution is 0.748. The van der Waals surface area contributed by atoms with Crippen LogP contribution in [0.15, 0.2) is 36.4 Å². The minimum Gasteiger partial charge on any atom is -0.0651 e. The van der Waals surface area contributed by atoms with Crippen molar-refractivity contribution in [3.63, 3.8) is 0 Å². The van der Waals surface area contributed by atoms with E-state index in [2.05, 4.69) is 50.2 Å². The summed E-state index contributed by atoms with van der Waals surface area (Å²) >= 11 is 0. The van der Waals surface area contributed by atoms with Crippen molar-refractivity contribution in [2.45, 2.75) is 45.4 Å². The highest BCUT2D eigenvalue weighted by molar-refractivity contribution is 5.88. The molecule has 0 atom stereocenters. The molecule has 18 heavy (non-hydrogen) atoms. The summed E-state index contributed by atoms with van der Waals surface area (Å²) in [6, 6.07) is 13.5. The van der Waals surface area contributed by atoms with Gasteiger partial charge < -0.3 is 0 Å². The molecule has 0 saturated heterocycles. The molecule has 0 aliphatic rings. The third kappa shape index (κ3) is 2.93. The number of unbranched alkanes of at least 4 members (excludes halogenated alkanes) is 2. The first-order chi connectivity index (χ1) is 8.86. The Morgan fingerprint density at radius 3 is 2.00 bits per heavy atom. The number of fused-ring (bicyclic) bond motifs is 1. The summed E-state index contributed by atoms with van der Waals surface area (Å²) in [4.78, 5) is 0. The SMILES string of the molecule is [CH2]CCCCc1ccc(CCC)c2ccccc12. The van der Waals surface area contributed by atoms with Crippen LogP contribution in [0.2, 0.25) is 0 Å². The predicted octanol–water partition coefficient (Wildman–Crippen LogP) is 5.34. The molecule has 0 heteroatoms. The molecule has 0 saturated carbocycles. The van der Waals surface area contributed by atoms with E-state index >= 15 is 0 Å². The highest BCUT2D eigenvalue weighted by Crippen LogP contribution is 2.25. The van der Waals surface area contributed by atoms with Crippen LogP contribution in [0.1, 0.15) is 43.7 Å². The van der Waals surface area contributed by atoms with Crippen LogP contribution in [-0.2, 0) is 12.8 Å². The lowest BCUT2D eigenvalue weighted by atomic mass is 9.94. The van der Waals surface area contributed by atoms with Crippen LogP contribution < -0.4 is 0 Å². The molecular weight excluding hydrogens is 216 g/mol. The smallest absolute Gasteiger partial charge is 0.0149 e. The molecule has 0 spiro atoms. The molecular formula is C18H23. The molecule has 0 bridgehead atoms. The van der Waals surface area contributed by atoms with Crippen LogP contribution in [0.25, 0.3) is 10.8 Å². The van der Waals surface area contributed by atoms with Crippen LogP contribution in [0.4, 0.5) is 0 Å². The topological polar surface area (TPSA) is 0 Å². The quantitative estimate of drug-likeness (QED) is 0.597. The fraction of sp³-hybridized carbons (Fsp3) is 0.389. The van der Waals surface area contributed by atoms with E-state index in [4.69, 9.17) is 0 Å². The van der Waals surface area contributed by atoms with Gasteiger partial charge in [0.15, 0.2) is 0 Å². The molecule has 95 valence electrons. The molecule has 0 nitrogen and oxygen atoms in total. The Bertz CT molecular complexity index is 496. The zero-order valence-corrected chi connectivity index (χ0v) is 11.4. The second-order valence-electron chi connectivity index (χ2n) is 4.99. The Morgan fingerprint density at radius 1 is 0.833 bits per heavy atom. The van der Waals surface area contributed by atoms with Gasteiger partial charge in [-0.2, -0.15) is 0 Å². The van der Waals surface area contributed by atoms with Gasteiger partial charge in [-0.05, 0) is 41.2 Å². The fourth-order valence-corrected chi connectivity index (χ4v) is 2.62. The summed E-state index contributed by atoms with van der Waals surface area (Å²) in [5.41, 5.74) is 2.99. The van der Waals surface area contributed by atoms with E-state index < -0.39 is 0 Å². The Kier molecular flexibility index (Phi) is 4.81. The van der Waals surface area contributed by atoms with Crippen LogP contribution in [0, 0.1) is 6.92 Å². The van der Waals surface area contributed by atoms with Gasteiger partial charge in [0.1, 0.15) is 0 Å². The van der Waals surface area contributed by atoms with Gasteiger partial charge in [-0.25, -0.2) is 0 Å². The number of rotatable bonds is 6. The Morgan fingerprint density at radius 2 is 1.44 bits per heavy atom. The molecule has 0 aliphatic carbocycles. The van der Waals surface area contributed by atoms with Crippen LogP contribution in [0.3, 0.4) is 0 Å². The van der Waals surface area contributed by atoms with Crippen molar-refractivity contribution in [2.24, 2.45) is 0 Å². The fourth-order valence-electron chi connectivity index (χ4n) is 2.62. The third-order valence-electron chi connectivity index (χ3n) is 3.57. The molecule has 1 radical (unpaired) electrons. The number of hydrogen-bond donors (Lipinski definition) is 0. The average Bonchev–Trinajstić information content (AvgIpc) is 2.41. The van der Waals surface area contributed by atoms with Crippen molar-refractivity contribution in [3.8, 4) is 0 Å². The van der Waals surface area contributed by atoms with Crippen LogP contribution in [0.5, 0.6) is 0 Å². The van der Waals surface area contributed by atoms with Crippen LogP contribution in [-0.4, -0.2) is 0 Å². The predicted molar refractivity (Wildman–Crippen MR) is 80.9 cm³/mol. The first-order valence-electron chi connectivity index (χ1n) is 7.15. The van der Waals surface area contributed by atoms with E-state index in [0.717, 1.165) is 6.42 Å². The van der Waals surface area contributed by atoms with Crippen LogP contribution >= 0.6 is 0 Å². The first-order valence-corrected chi connectivity index (χ1v) is 7.15. The number of hydrogen-bond acceptors (Lipinski definition) is 0. The summed E-state index contributed by atoms with van der Waals surface area (Å²) in [7, 11) is 0. The van der Waals surface area contributed by atoms with Gasteiger partial charge in [0.05, 0.1) is 0 Å². The van der Waals surface area contributed by atoms with Gasteiger partial charge in [-0.1, -0.05) is 69.5 Å². The van der Waals surface area contributed by atoms with Gasteiger partial charge in [0.25, 0.3) is 0 Å². The highest BCUT2D eigenvalue weighted by Gasteiger charge is 2.04. The number of aryl methyl sites for hydroxylation is 2. The van der Waals surface area contributed by atoms with Gasteiger partial charge in [0.2, 0.25) is 0 Å². The van der Waals surface area contributed by atoms with Crippen molar-refractivity contribution >= 4 is 10.8 Å². The van der Waals surface area contributed by atoms with Gasteiger partial charge >= 0.3 is 0 Å². The van der Waals surface area contributed by atoms with Crippen molar-refractivity contribution in [2.75, 3.05) is 0 Å². The maximum Gasteiger partial charge on any atom is -0.0149 e. The lowest BCUT2D eigenvalue weighted by Gasteiger charge is -2.10. The summed E-state index contributed by atoms with van der Waals surface area (Å²) in [5.74, 6) is 0. The third-order valence-corrected chi connectivity index (χ3v) is 3.57. The van der Waals surface area contributed by atoms with E-state index in [1.807, 2.05) is 0 Å². The zero-order valence-electron chi connectivity index (χ0n) is 11.4. The maximum absolute atomic E-state index is 3.92. The Hall–Kier alpha value is -1.30. The zero-order chi connectivity index (χ0) is 12.8. The van der Waals surface area contributed by atoms with Crippen molar-refractivity contribution in [1.82, 2.24) is 0 Å². The molecule has 2 aromatic rings. The minimum atomic E-state index is 1.05. The standard InChI is InChI=1S/C18H23/c1-3-5-6-10-16-14-13-15(9-4-2)17-11-7-8-12-18(16)17/h7-8,11-14H,1,3-6,9-10H2,2H3. The Labute approximate surface area is 111 Å². The summed E-state index contributed by atoms with van der Waals surface area (Å²) in [5, 5.41) is 2.90. The molecule has 0 N–H and O–H groups in total. The second-order valence-corrected chi connectivity index (χ2v) is 4.99. The van der Waals surface area contributed by atoms with Gasteiger partial charge in [-0.15, -0.1) is 0 Å². The molecule has 2 rings (SSSR count). The molecule has 0 heterocycles. The van der Waals surface area contributed by atoms with Gasteiger partial charge in [0, 0.05) is 0 Å². The van der Waals surface area contributed by atoms with E-state index in [0.29, 0.717) is 0 Å². The van der Waals surface area contributed by atoms with Crippen molar-refractivity contribution in [3.05, 3.63) is 54.4 Å². The molecule has 0 unspecified atom stereocenters. The van der Waals surface area contributed by atoms with E-state index in [-0.39, 0.29) is 0 Å². The summed E-state index contributed by atoms with van der Waals surface area (Å²) < 4.78 is 0. The normalized spacial score (nSPS) is 11.0. The monoisotopic (exact) mass is 239 g/mol. The number of benzene rings is 2. The van der Waals surface area contributed by atoms with E-state index in [1.165, 1.54) is 54.0 Å². The van der Waals surface area contributed by atoms with E-state index in [9.17, 15) is 0 Å². The summed E-state index contributed by atoms with van der Waals surface area (Å²) in [6.07, 6.45) is 7.10. The average molecular weight is 239 g/mol. The Balaban J connectivity index is 2.34. The second kappa shape index (κ2) is 6.58. The van der Waals surface area contributed by atoms with Crippen molar-refractivity contribution in [1.29, 1.82) is 0 Å². The maximum atomic E-state index is 3.92. The van der Waals surface area contributed by atoms with Crippen molar-refractivity contribution < 1.29 is 0 Å². The molecule has 0 fully saturated rings. The minimum absolute atomic E-state index is 1.05. The molecule has 0 aromatic heterocycles. The first kappa shape index (κ1) is 13.1. The summed E-state index contributed by atoms with van der Waals surface area (Å²) in [6.45, 7) is 6.16. The van der Waals surface area contributed by atoms with Gasteiger partial charge in [-0.3, -0.25) is 0 Å². The molecule has 0 aliphatic heterocycles. The van der Waals surface area contributed by atoms with E-state index in [1.54, 1.807) is 0 Å². The molecule has 0 amide bonds. The lowest BCUT2D eigenvalue weighted by Crippen LogP contribution is -1.92. The molecule has 2 aromatic carbocycles. The highest BCUT2D eigenvalue weighted by atomic mass is 14.1.